The van der Waals surface area contributed by atoms with Gasteiger partial charge in [0.1, 0.15) is 35.2 Å². The molecular weight excluding hydrogens is 808 g/mol. The number of aromatic hydroxyl groups is 1. The quantitative estimate of drug-likeness (QED) is 0.0641. The number of rotatable bonds is 21. The number of hydrogen-bond acceptors (Lipinski definition) is 10. The van der Waals surface area contributed by atoms with Gasteiger partial charge in [-0.05, 0) is 124 Å². The Kier molecular flexibility index (Phi) is 15.3. The largest absolute Gasteiger partial charge is 0.508 e. The topological polar surface area (TPSA) is 118 Å². The van der Waals surface area contributed by atoms with E-state index < -0.39 is 38.0 Å². The second kappa shape index (κ2) is 20.8. The van der Waals surface area contributed by atoms with Gasteiger partial charge in [0.05, 0.1) is 31.9 Å². The molecule has 0 bridgehead atoms. The lowest BCUT2D eigenvalue weighted by Gasteiger charge is -2.37. The van der Waals surface area contributed by atoms with Gasteiger partial charge < -0.3 is 38.6 Å². The second-order valence-corrected chi connectivity index (χ2v) is 18.9. The third-order valence-corrected chi connectivity index (χ3v) is 13.7. The summed E-state index contributed by atoms with van der Waals surface area (Å²) in [6.07, 6.45) is 3.94. The van der Waals surface area contributed by atoms with E-state index >= 15 is 4.79 Å². The van der Waals surface area contributed by atoms with Crippen molar-refractivity contribution in [2.45, 2.75) is 130 Å². The van der Waals surface area contributed by atoms with Crippen LogP contribution in [0.5, 0.6) is 23.0 Å². The summed E-state index contributed by atoms with van der Waals surface area (Å²) < 4.78 is 49.5. The van der Waals surface area contributed by atoms with Gasteiger partial charge in [-0.3, -0.25) is 0 Å². The fraction of sp³-hybridized carbons (Fsp3) is 0.490. The molecule has 0 spiro atoms. The molecule has 0 aliphatic carbocycles. The number of phenols is 1. The van der Waals surface area contributed by atoms with Crippen molar-refractivity contribution in [3.8, 4) is 23.0 Å². The average molecular weight is 872 g/mol. The van der Waals surface area contributed by atoms with Crippen LogP contribution in [0.2, 0.25) is 0 Å². The van der Waals surface area contributed by atoms with Crippen LogP contribution in [-0.4, -0.2) is 83.5 Å². The zero-order valence-corrected chi connectivity index (χ0v) is 38.0. The fourth-order valence-corrected chi connectivity index (χ4v) is 10.2. The first-order chi connectivity index (χ1) is 30.0. The summed E-state index contributed by atoms with van der Waals surface area (Å²) in [5, 5.41) is 10.2. The molecule has 3 heterocycles. The minimum atomic E-state index is -2.52. The normalized spacial score (nSPS) is 24.3. The SMILES string of the molecule is CCCCOc1ccc(CN2C(=O)N(Cc3ccc(OCCCC)cc3)[C@H](Cc3ccc(OC[P+]4(OCC)OC(C)O4)cc3)[C@@H]3OC(C)(C)O[C@H]3[C@H]2Cc2ccc(O)cc2)cc1. The predicted molar refractivity (Wildman–Crippen MR) is 239 cm³/mol. The third kappa shape index (κ3) is 11.6. The lowest BCUT2D eigenvalue weighted by molar-refractivity contribution is -0.157. The molecule has 7 rings (SSSR count). The average Bonchev–Trinajstić information content (AvgIpc) is 3.55. The molecule has 4 aromatic rings. The minimum Gasteiger partial charge on any atom is -0.508 e. The molecule has 62 heavy (non-hydrogen) atoms. The molecule has 13 heteroatoms. The highest BCUT2D eigenvalue weighted by Crippen LogP contribution is 2.70. The van der Waals surface area contributed by atoms with E-state index in [9.17, 15) is 5.11 Å². The van der Waals surface area contributed by atoms with Crippen molar-refractivity contribution in [1.29, 1.82) is 0 Å². The van der Waals surface area contributed by atoms with Crippen LogP contribution >= 0.6 is 7.94 Å². The van der Waals surface area contributed by atoms with E-state index in [1.54, 1.807) is 12.1 Å². The summed E-state index contributed by atoms with van der Waals surface area (Å²) in [5.74, 6) is 1.52. The number of ether oxygens (including phenoxy) is 5. The minimum absolute atomic E-state index is 0.121. The molecule has 4 aromatic carbocycles. The monoisotopic (exact) mass is 871 g/mol. The molecule has 334 valence electrons. The molecule has 0 aromatic heterocycles. The Labute approximate surface area is 367 Å². The number of amides is 2. The Balaban J connectivity index is 1.24. The smallest absolute Gasteiger partial charge is 0.457 e. The molecule has 0 saturated carbocycles. The standard InChI is InChI=1S/C49H63N2O10P/c1-7-10-28-54-41-24-16-38(17-25-41)32-50-44(30-36-12-20-40(52)21-13-36)46-47(59-49(5,6)58-46)45(51(48(50)53)33-39-18-26-42(27-19-39)55-29-11-8-2)31-37-14-22-43(23-15-37)56-34-62(57-9-3)60-35(4)61-62/h12-27,35,44-47H,7-11,28-34H2,1-6H3/p+1/t35?,44-,45-,46+,47+,62?/m1/s1. The summed E-state index contributed by atoms with van der Waals surface area (Å²) in [6, 6.07) is 30.2. The molecule has 3 aliphatic rings. The highest BCUT2D eigenvalue weighted by atomic mass is 31.2. The Bertz CT molecular complexity index is 2000. The van der Waals surface area contributed by atoms with Crippen molar-refractivity contribution in [3.05, 3.63) is 119 Å². The van der Waals surface area contributed by atoms with Gasteiger partial charge in [0.25, 0.3) is 12.6 Å². The molecule has 1 N–H and O–H groups in total. The Morgan fingerprint density at radius 2 is 1.05 bits per heavy atom. The van der Waals surface area contributed by atoms with Crippen LogP contribution in [-0.2, 0) is 49.0 Å². The van der Waals surface area contributed by atoms with Gasteiger partial charge in [0.2, 0.25) is 0 Å². The zero-order chi connectivity index (χ0) is 43.7. The first kappa shape index (κ1) is 45.6. The third-order valence-electron chi connectivity index (χ3n) is 11.4. The van der Waals surface area contributed by atoms with E-state index in [2.05, 4.69) is 13.8 Å². The Hall–Kier alpha value is -4.42. The number of benzene rings is 4. The summed E-state index contributed by atoms with van der Waals surface area (Å²) in [6.45, 7) is 14.4. The molecule has 3 aliphatic heterocycles. The van der Waals surface area contributed by atoms with Crippen molar-refractivity contribution in [1.82, 2.24) is 9.80 Å². The number of carbonyl (C=O) groups excluding carboxylic acids is 1. The van der Waals surface area contributed by atoms with E-state index in [1.165, 1.54) is 0 Å². The van der Waals surface area contributed by atoms with E-state index in [-0.39, 0.29) is 24.4 Å². The van der Waals surface area contributed by atoms with Crippen LogP contribution in [0.15, 0.2) is 97.1 Å². The molecule has 3 fully saturated rings. The summed E-state index contributed by atoms with van der Waals surface area (Å²) >= 11 is 0. The Morgan fingerprint density at radius 1 is 0.629 bits per heavy atom. The second-order valence-electron chi connectivity index (χ2n) is 16.7. The van der Waals surface area contributed by atoms with Crippen molar-refractivity contribution in [2.75, 3.05) is 26.2 Å². The van der Waals surface area contributed by atoms with Crippen LogP contribution < -0.4 is 14.2 Å². The molecule has 4 atom stereocenters. The van der Waals surface area contributed by atoms with Gasteiger partial charge in [-0.15, -0.1) is 9.05 Å². The van der Waals surface area contributed by atoms with Crippen LogP contribution in [0.1, 0.15) is 89.5 Å². The number of unbranched alkanes of at least 4 members (excludes halogenated alkanes) is 2. The van der Waals surface area contributed by atoms with Gasteiger partial charge in [0.15, 0.2) is 5.79 Å². The summed E-state index contributed by atoms with van der Waals surface area (Å²) in [5.41, 5.74) is 3.91. The van der Waals surface area contributed by atoms with Gasteiger partial charge in [0, 0.05) is 13.1 Å². The summed E-state index contributed by atoms with van der Waals surface area (Å²) in [7, 11) is -2.52. The van der Waals surface area contributed by atoms with Crippen molar-refractivity contribution in [3.63, 3.8) is 0 Å². The Morgan fingerprint density at radius 3 is 1.47 bits per heavy atom. The van der Waals surface area contributed by atoms with Crippen molar-refractivity contribution < 1.29 is 47.2 Å². The number of urea groups is 1. The van der Waals surface area contributed by atoms with Gasteiger partial charge in [-0.1, -0.05) is 75.2 Å². The molecule has 2 amide bonds. The van der Waals surface area contributed by atoms with Crippen LogP contribution in [0.4, 0.5) is 4.79 Å². The number of nitrogens with zero attached hydrogens (tertiary/aromatic N) is 2. The van der Waals surface area contributed by atoms with Gasteiger partial charge in [-0.2, -0.15) is 4.52 Å². The first-order valence-electron chi connectivity index (χ1n) is 22.2. The number of hydrogen-bond donors (Lipinski definition) is 1. The summed E-state index contributed by atoms with van der Waals surface area (Å²) in [4.78, 5) is 19.6. The van der Waals surface area contributed by atoms with E-state index in [1.807, 2.05) is 122 Å². The van der Waals surface area contributed by atoms with Gasteiger partial charge in [-0.25, -0.2) is 4.79 Å². The van der Waals surface area contributed by atoms with E-state index in [0.29, 0.717) is 51.5 Å². The highest BCUT2D eigenvalue weighted by Gasteiger charge is 2.60. The maximum Gasteiger partial charge on any atom is 0.457 e. The van der Waals surface area contributed by atoms with Gasteiger partial charge >= 0.3 is 14.0 Å². The maximum atomic E-state index is 15.6. The predicted octanol–water partition coefficient (Wildman–Crippen LogP) is 10.5. The maximum absolute atomic E-state index is 15.6. The van der Waals surface area contributed by atoms with Crippen molar-refractivity contribution in [2.24, 2.45) is 0 Å². The highest BCUT2D eigenvalue weighted by molar-refractivity contribution is 7.62. The van der Waals surface area contributed by atoms with E-state index in [4.69, 9.17) is 37.3 Å². The molecule has 12 nitrogen and oxygen atoms in total. The number of fused-ring (bicyclic) bond motifs is 1. The van der Waals surface area contributed by atoms with E-state index in [0.717, 1.165) is 59.4 Å². The van der Waals surface area contributed by atoms with Crippen molar-refractivity contribution >= 4 is 14.0 Å². The van der Waals surface area contributed by atoms with Crippen LogP contribution in [0.25, 0.3) is 0 Å². The van der Waals surface area contributed by atoms with Crippen LogP contribution in [0.3, 0.4) is 0 Å². The first-order valence-corrected chi connectivity index (χ1v) is 23.9. The molecule has 3 saturated heterocycles. The molecule has 0 radical (unpaired) electrons. The molecular formula is C49H64N2O10P+. The fourth-order valence-electron chi connectivity index (χ4n) is 8.29. The lowest BCUT2D eigenvalue weighted by atomic mass is 9.90. The lowest BCUT2D eigenvalue weighted by Crippen LogP contribution is -2.51. The number of phenolic OH excluding ortho intramolecular Hbond substituents is 1. The zero-order valence-electron chi connectivity index (χ0n) is 37.1. The van der Waals surface area contributed by atoms with Crippen LogP contribution in [0, 0.1) is 0 Å². The number of carbonyl (C=O) groups is 1. The molecule has 0 unspecified atom stereocenters.